The van der Waals surface area contributed by atoms with E-state index in [0.29, 0.717) is 5.92 Å². The minimum absolute atomic E-state index is 0.0447. The van der Waals surface area contributed by atoms with Crippen molar-refractivity contribution in [1.82, 2.24) is 0 Å². The molecule has 0 N–H and O–H groups in total. The molecule has 0 aliphatic heterocycles. The van der Waals surface area contributed by atoms with E-state index < -0.39 is 0 Å². The maximum absolute atomic E-state index is 5.85. The molecule has 0 rings (SSSR count). The molecule has 0 fully saturated rings. The van der Waals surface area contributed by atoms with Gasteiger partial charge in [-0.2, -0.15) is 0 Å². The summed E-state index contributed by atoms with van der Waals surface area (Å²) >= 11 is 5.85. The van der Waals surface area contributed by atoms with E-state index in [4.69, 9.17) is 11.6 Å². The monoisotopic (exact) mass is 156 g/mol. The Labute approximate surface area is 68.3 Å². The highest BCUT2D eigenvalue weighted by Crippen LogP contribution is 2.07. The number of hydrogen-bond donors (Lipinski definition) is 0. The van der Waals surface area contributed by atoms with Gasteiger partial charge in [0.25, 0.3) is 0 Å². The van der Waals surface area contributed by atoms with Gasteiger partial charge in [0.15, 0.2) is 0 Å². The van der Waals surface area contributed by atoms with Gasteiger partial charge in [0.05, 0.1) is 5.38 Å². The molecule has 1 unspecified atom stereocenters. The Morgan fingerprint density at radius 2 is 2.00 bits per heavy atom. The van der Waals surface area contributed by atoms with Gasteiger partial charge in [-0.15, -0.1) is 11.6 Å². The number of allylic oxidation sites excluding steroid dienone is 1. The van der Waals surface area contributed by atoms with E-state index in [0.717, 1.165) is 5.57 Å². The molecular formula is C9H13Cl. The Balaban J connectivity index is 3.92. The van der Waals surface area contributed by atoms with Crippen molar-refractivity contribution in [3.8, 4) is 11.8 Å². The summed E-state index contributed by atoms with van der Waals surface area (Å²) in [6.07, 6.45) is 0. The lowest BCUT2D eigenvalue weighted by atomic mass is 10.1. The SMILES string of the molecule is C=C(C)C#CC(Cl)C(C)C. The van der Waals surface area contributed by atoms with Crippen LogP contribution in [-0.2, 0) is 0 Å². The molecule has 0 aliphatic carbocycles. The predicted molar refractivity (Wildman–Crippen MR) is 47.1 cm³/mol. The Bertz CT molecular complexity index is 169. The van der Waals surface area contributed by atoms with Crippen LogP contribution >= 0.6 is 11.6 Å². The number of hydrogen-bond acceptors (Lipinski definition) is 0. The van der Waals surface area contributed by atoms with Gasteiger partial charge in [0.2, 0.25) is 0 Å². The van der Waals surface area contributed by atoms with Gasteiger partial charge < -0.3 is 0 Å². The first kappa shape index (κ1) is 9.59. The van der Waals surface area contributed by atoms with Crippen LogP contribution in [0.5, 0.6) is 0 Å². The minimum Gasteiger partial charge on any atom is -0.109 e. The van der Waals surface area contributed by atoms with E-state index in [2.05, 4.69) is 18.4 Å². The molecule has 56 valence electrons. The van der Waals surface area contributed by atoms with Crippen LogP contribution in [0, 0.1) is 17.8 Å². The minimum atomic E-state index is -0.0447. The average Bonchev–Trinajstić information content (AvgIpc) is 1.82. The third-order valence-electron chi connectivity index (χ3n) is 1.01. The molecule has 0 saturated heterocycles. The number of halogens is 1. The smallest absolute Gasteiger partial charge is 0.0969 e. The summed E-state index contributed by atoms with van der Waals surface area (Å²) in [5, 5.41) is -0.0447. The van der Waals surface area contributed by atoms with Crippen molar-refractivity contribution in [2.75, 3.05) is 0 Å². The quantitative estimate of drug-likeness (QED) is 0.405. The fourth-order valence-corrected chi connectivity index (χ4v) is 0.413. The summed E-state index contributed by atoms with van der Waals surface area (Å²) in [6.45, 7) is 9.62. The van der Waals surface area contributed by atoms with Crippen LogP contribution in [0.4, 0.5) is 0 Å². The highest BCUT2D eigenvalue weighted by Gasteiger charge is 2.03. The van der Waals surface area contributed by atoms with E-state index in [9.17, 15) is 0 Å². The second-order valence-corrected chi connectivity index (χ2v) is 3.17. The Hall–Kier alpha value is -0.410. The van der Waals surface area contributed by atoms with Crippen LogP contribution in [0.25, 0.3) is 0 Å². The van der Waals surface area contributed by atoms with Gasteiger partial charge >= 0.3 is 0 Å². The normalized spacial score (nSPS) is 12.1. The molecule has 0 aromatic carbocycles. The van der Waals surface area contributed by atoms with Crippen molar-refractivity contribution >= 4 is 11.6 Å². The van der Waals surface area contributed by atoms with Crippen LogP contribution in [0.2, 0.25) is 0 Å². The maximum atomic E-state index is 5.85. The number of rotatable bonds is 1. The standard InChI is InChI=1S/C9H13Cl/c1-7(2)5-6-9(10)8(3)4/h8-9H,1H2,2-4H3. The van der Waals surface area contributed by atoms with E-state index >= 15 is 0 Å². The molecule has 0 bridgehead atoms. The molecule has 0 radical (unpaired) electrons. The zero-order valence-corrected chi connectivity index (χ0v) is 7.50. The molecule has 0 amide bonds. The summed E-state index contributed by atoms with van der Waals surface area (Å²) in [5.41, 5.74) is 0.867. The molecule has 0 saturated carbocycles. The second kappa shape index (κ2) is 4.41. The van der Waals surface area contributed by atoms with E-state index in [1.165, 1.54) is 0 Å². The number of alkyl halides is 1. The first-order chi connectivity index (χ1) is 4.54. The fourth-order valence-electron chi connectivity index (χ4n) is 0.359. The van der Waals surface area contributed by atoms with E-state index in [1.807, 2.05) is 20.8 Å². The van der Waals surface area contributed by atoms with Crippen molar-refractivity contribution < 1.29 is 0 Å². The Morgan fingerprint density at radius 3 is 2.30 bits per heavy atom. The lowest BCUT2D eigenvalue weighted by molar-refractivity contribution is 0.683. The van der Waals surface area contributed by atoms with Crippen LogP contribution < -0.4 is 0 Å². The van der Waals surface area contributed by atoms with Crippen molar-refractivity contribution in [2.24, 2.45) is 5.92 Å². The van der Waals surface area contributed by atoms with Gasteiger partial charge in [0, 0.05) is 0 Å². The first-order valence-corrected chi connectivity index (χ1v) is 3.78. The summed E-state index contributed by atoms with van der Waals surface area (Å²) in [4.78, 5) is 0. The van der Waals surface area contributed by atoms with Crippen LogP contribution in [-0.4, -0.2) is 5.38 Å². The fraction of sp³-hybridized carbons (Fsp3) is 0.556. The molecule has 0 aliphatic rings. The highest BCUT2D eigenvalue weighted by atomic mass is 35.5. The summed E-state index contributed by atoms with van der Waals surface area (Å²) in [7, 11) is 0. The molecule has 10 heavy (non-hydrogen) atoms. The molecule has 1 atom stereocenters. The third kappa shape index (κ3) is 4.47. The third-order valence-corrected chi connectivity index (χ3v) is 1.62. The Kier molecular flexibility index (Phi) is 4.23. The second-order valence-electron chi connectivity index (χ2n) is 2.70. The largest absolute Gasteiger partial charge is 0.109 e. The molecule has 0 aromatic rings. The summed E-state index contributed by atoms with van der Waals surface area (Å²) in [5.74, 6) is 6.16. The van der Waals surface area contributed by atoms with Crippen molar-refractivity contribution in [1.29, 1.82) is 0 Å². The first-order valence-electron chi connectivity index (χ1n) is 3.35. The van der Waals surface area contributed by atoms with Gasteiger partial charge in [0.1, 0.15) is 0 Å². The van der Waals surface area contributed by atoms with Gasteiger partial charge in [-0.3, -0.25) is 0 Å². The molecule has 0 heterocycles. The van der Waals surface area contributed by atoms with Crippen molar-refractivity contribution in [3.63, 3.8) is 0 Å². The lowest BCUT2D eigenvalue weighted by Gasteiger charge is -2.03. The lowest BCUT2D eigenvalue weighted by Crippen LogP contribution is -2.03. The molecule has 0 spiro atoms. The van der Waals surface area contributed by atoms with E-state index in [1.54, 1.807) is 0 Å². The molecule has 0 aromatic heterocycles. The summed E-state index contributed by atoms with van der Waals surface area (Å²) in [6, 6.07) is 0. The molecule has 1 heteroatoms. The molecular weight excluding hydrogens is 144 g/mol. The van der Waals surface area contributed by atoms with Crippen LogP contribution in [0.1, 0.15) is 20.8 Å². The maximum Gasteiger partial charge on any atom is 0.0969 e. The summed E-state index contributed by atoms with van der Waals surface area (Å²) < 4.78 is 0. The van der Waals surface area contributed by atoms with Crippen molar-refractivity contribution in [3.05, 3.63) is 12.2 Å². The topological polar surface area (TPSA) is 0 Å². The van der Waals surface area contributed by atoms with E-state index in [-0.39, 0.29) is 5.38 Å². The predicted octanol–water partition coefficient (Wildman–Crippen LogP) is 2.83. The van der Waals surface area contributed by atoms with Gasteiger partial charge in [-0.25, -0.2) is 0 Å². The average molecular weight is 157 g/mol. The van der Waals surface area contributed by atoms with Gasteiger partial charge in [-0.05, 0) is 18.4 Å². The Morgan fingerprint density at radius 1 is 1.50 bits per heavy atom. The highest BCUT2D eigenvalue weighted by molar-refractivity contribution is 6.22. The zero-order chi connectivity index (χ0) is 8.15. The van der Waals surface area contributed by atoms with Crippen LogP contribution in [0.3, 0.4) is 0 Å². The zero-order valence-electron chi connectivity index (χ0n) is 6.74. The van der Waals surface area contributed by atoms with Crippen molar-refractivity contribution in [2.45, 2.75) is 26.1 Å². The van der Waals surface area contributed by atoms with Crippen LogP contribution in [0.15, 0.2) is 12.2 Å². The molecule has 0 nitrogen and oxygen atoms in total. The van der Waals surface area contributed by atoms with Gasteiger partial charge in [-0.1, -0.05) is 32.3 Å².